The molecule has 1 aliphatic carbocycles. The van der Waals surface area contributed by atoms with Gasteiger partial charge < -0.3 is 15.8 Å². The Balaban J connectivity index is 1.64. The minimum atomic E-state index is -0.379. The van der Waals surface area contributed by atoms with Gasteiger partial charge in [-0.25, -0.2) is 4.39 Å². The Morgan fingerprint density at radius 2 is 2.06 bits per heavy atom. The van der Waals surface area contributed by atoms with Crippen molar-refractivity contribution in [3.8, 4) is 0 Å². The van der Waals surface area contributed by atoms with Crippen LogP contribution in [0.25, 0.3) is 10.9 Å². The van der Waals surface area contributed by atoms with Crippen LogP contribution in [-0.2, 0) is 4.74 Å². The van der Waals surface area contributed by atoms with Crippen molar-refractivity contribution >= 4 is 23.5 Å². The number of nitrogens with two attached hydrogens (primary N) is 1. The quantitative estimate of drug-likeness (QED) is 0.438. The van der Waals surface area contributed by atoms with Gasteiger partial charge in [0.1, 0.15) is 5.82 Å². The van der Waals surface area contributed by atoms with E-state index in [0.717, 1.165) is 48.9 Å². The lowest BCUT2D eigenvalue weighted by atomic mass is 9.75. The third-order valence-corrected chi connectivity index (χ3v) is 7.27. The van der Waals surface area contributed by atoms with Crippen LogP contribution in [0, 0.1) is 17.7 Å². The summed E-state index contributed by atoms with van der Waals surface area (Å²) in [6.45, 7) is 9.02. The second-order valence-electron chi connectivity index (χ2n) is 9.95. The molecule has 35 heavy (non-hydrogen) atoms. The van der Waals surface area contributed by atoms with Crippen molar-refractivity contribution in [1.82, 2.24) is 10.3 Å². The fraction of sp³-hybridized carbons (Fsp3) is 0.464. The van der Waals surface area contributed by atoms with Gasteiger partial charge in [-0.05, 0) is 98.9 Å². The summed E-state index contributed by atoms with van der Waals surface area (Å²) in [6.07, 6.45) is 9.93. The first-order valence-electron chi connectivity index (χ1n) is 12.4. The molecule has 1 saturated heterocycles. The maximum Gasteiger partial charge on any atom is 0.257 e. The molecule has 1 aliphatic heterocycles. The fourth-order valence-corrected chi connectivity index (χ4v) is 5.56. The Labute approximate surface area is 206 Å². The van der Waals surface area contributed by atoms with Gasteiger partial charge in [0.05, 0.1) is 11.1 Å². The number of nitrogens with one attached hydrogen (secondary N) is 1. The first-order valence-corrected chi connectivity index (χ1v) is 12.4. The Kier molecular flexibility index (Phi) is 8.08. The van der Waals surface area contributed by atoms with Crippen LogP contribution in [0.5, 0.6) is 0 Å². The zero-order valence-electron chi connectivity index (χ0n) is 20.6. The molecule has 2 heterocycles. The zero-order valence-corrected chi connectivity index (χ0v) is 20.6. The Hall–Kier alpha value is -2.90. The lowest BCUT2D eigenvalue weighted by Gasteiger charge is -2.33. The number of amides is 1. The highest BCUT2D eigenvalue weighted by Crippen LogP contribution is 2.35. The smallest absolute Gasteiger partial charge is 0.257 e. The number of benzene rings is 1. The van der Waals surface area contributed by atoms with Crippen LogP contribution in [-0.4, -0.2) is 36.9 Å². The van der Waals surface area contributed by atoms with Crippen LogP contribution in [0.3, 0.4) is 0 Å². The first-order chi connectivity index (χ1) is 16.9. The van der Waals surface area contributed by atoms with Crippen molar-refractivity contribution in [2.75, 3.05) is 13.2 Å². The summed E-state index contributed by atoms with van der Waals surface area (Å²) in [7, 11) is 0. The Morgan fingerprint density at radius 1 is 1.29 bits per heavy atom. The maximum absolute atomic E-state index is 14.8. The van der Waals surface area contributed by atoms with Crippen molar-refractivity contribution in [1.29, 1.82) is 0 Å². The van der Waals surface area contributed by atoms with E-state index in [4.69, 9.17) is 10.5 Å². The van der Waals surface area contributed by atoms with Gasteiger partial charge >= 0.3 is 0 Å². The average Bonchev–Trinajstić information content (AvgIpc) is 2.84. The van der Waals surface area contributed by atoms with Crippen molar-refractivity contribution in [3.05, 3.63) is 64.9 Å². The van der Waals surface area contributed by atoms with Crippen molar-refractivity contribution in [2.45, 2.75) is 57.9 Å². The predicted octanol–water partition coefficient (Wildman–Crippen LogP) is 5.25. The zero-order chi connectivity index (χ0) is 24.9. The Morgan fingerprint density at radius 3 is 2.77 bits per heavy atom. The molecule has 0 spiro atoms. The molecule has 7 heteroatoms. The standard InChI is InChI=1S/C28H35FN4O2/c1-17-12-20(14-22(30)13-17)23(6-9-31-3)18(2)33-28(34)24-4-5-26(29)25-15-21(16-32-27(24)25)19-7-10-35-11-8-19/h4-6,9,15-17,19-20,22H,3,7-8,10-14,30H2,1-2H3,(H,33,34)/b9-6-,23-18-/t17-,20+,22-/m0/s1. The molecule has 3 N–H and O–H groups in total. The van der Waals surface area contributed by atoms with Crippen LogP contribution < -0.4 is 11.1 Å². The monoisotopic (exact) mass is 478 g/mol. The van der Waals surface area contributed by atoms with Gasteiger partial charge in [0.15, 0.2) is 0 Å². The van der Waals surface area contributed by atoms with Gasteiger partial charge in [0, 0.05) is 42.7 Å². The molecule has 1 aromatic heterocycles. The number of halogens is 1. The van der Waals surface area contributed by atoms with Crippen LogP contribution in [0.15, 0.2) is 52.9 Å². The molecule has 2 aromatic rings. The van der Waals surface area contributed by atoms with E-state index in [2.05, 4.69) is 28.9 Å². The normalized spacial score (nSPS) is 24.4. The summed E-state index contributed by atoms with van der Waals surface area (Å²) >= 11 is 0. The molecular formula is C28H35FN4O2. The third-order valence-electron chi connectivity index (χ3n) is 7.27. The van der Waals surface area contributed by atoms with Gasteiger partial charge in [-0.15, -0.1) is 0 Å². The third kappa shape index (κ3) is 5.85. The summed E-state index contributed by atoms with van der Waals surface area (Å²) in [5, 5.41) is 3.40. The number of hydrogen-bond donors (Lipinski definition) is 2. The highest BCUT2D eigenvalue weighted by Gasteiger charge is 2.28. The molecule has 1 saturated carbocycles. The number of pyridine rings is 1. The molecule has 186 valence electrons. The van der Waals surface area contributed by atoms with E-state index in [1.165, 1.54) is 12.1 Å². The van der Waals surface area contributed by atoms with E-state index in [1.807, 2.05) is 19.1 Å². The fourth-order valence-electron chi connectivity index (χ4n) is 5.56. The Bertz CT molecular complexity index is 1140. The van der Waals surface area contributed by atoms with Gasteiger partial charge in [0.2, 0.25) is 0 Å². The van der Waals surface area contributed by atoms with E-state index in [0.29, 0.717) is 41.5 Å². The minimum absolute atomic E-state index is 0.127. The molecule has 0 unspecified atom stereocenters. The number of ether oxygens (including phenoxy) is 1. The SMILES string of the molecule is C=N/C=C\C(=C(/C)NC(=O)c1ccc(F)c2cc(C3CCOCC3)cnc12)[C@@H]1C[C@H](C)C[C@H](N)C1. The minimum Gasteiger partial charge on any atom is -0.381 e. The van der Waals surface area contributed by atoms with Gasteiger partial charge in [-0.2, -0.15) is 0 Å². The largest absolute Gasteiger partial charge is 0.381 e. The number of hydrogen-bond acceptors (Lipinski definition) is 5. The molecular weight excluding hydrogens is 443 g/mol. The molecule has 0 radical (unpaired) electrons. The van der Waals surface area contributed by atoms with Crippen molar-refractivity contribution in [3.63, 3.8) is 0 Å². The van der Waals surface area contributed by atoms with Gasteiger partial charge in [0.25, 0.3) is 5.91 Å². The molecule has 3 atom stereocenters. The summed E-state index contributed by atoms with van der Waals surface area (Å²) in [5.41, 5.74) is 9.72. The number of allylic oxidation sites excluding steroid dienone is 3. The topological polar surface area (TPSA) is 89.6 Å². The van der Waals surface area contributed by atoms with E-state index in [-0.39, 0.29) is 23.7 Å². The van der Waals surface area contributed by atoms with Crippen LogP contribution in [0.4, 0.5) is 4.39 Å². The number of aliphatic imine (C=N–C) groups is 1. The first kappa shape index (κ1) is 25.2. The predicted molar refractivity (Wildman–Crippen MR) is 138 cm³/mol. The molecule has 2 fully saturated rings. The van der Waals surface area contributed by atoms with Gasteiger partial charge in [-0.3, -0.25) is 14.8 Å². The van der Waals surface area contributed by atoms with E-state index < -0.39 is 0 Å². The second kappa shape index (κ2) is 11.2. The lowest BCUT2D eigenvalue weighted by molar-refractivity contribution is 0.0853. The van der Waals surface area contributed by atoms with Crippen LogP contribution in [0.2, 0.25) is 0 Å². The van der Waals surface area contributed by atoms with Gasteiger partial charge in [-0.1, -0.05) is 6.92 Å². The van der Waals surface area contributed by atoms with Crippen molar-refractivity contribution in [2.24, 2.45) is 22.6 Å². The molecule has 6 nitrogen and oxygen atoms in total. The number of rotatable bonds is 6. The van der Waals surface area contributed by atoms with Crippen molar-refractivity contribution < 1.29 is 13.9 Å². The van der Waals surface area contributed by atoms with E-state index in [9.17, 15) is 9.18 Å². The summed E-state index contributed by atoms with van der Waals surface area (Å²) in [5.74, 6) is 0.319. The van der Waals surface area contributed by atoms with Crippen LogP contribution in [0.1, 0.15) is 67.8 Å². The number of fused-ring (bicyclic) bond motifs is 1. The molecule has 1 amide bonds. The highest BCUT2D eigenvalue weighted by atomic mass is 19.1. The number of carbonyl (C=O) groups is 1. The van der Waals surface area contributed by atoms with E-state index >= 15 is 0 Å². The summed E-state index contributed by atoms with van der Waals surface area (Å²) in [6, 6.07) is 4.81. The molecule has 2 aliphatic rings. The number of carbonyl (C=O) groups excluding carboxylic acids is 1. The second-order valence-corrected chi connectivity index (χ2v) is 9.95. The highest BCUT2D eigenvalue weighted by molar-refractivity contribution is 6.06. The molecule has 0 bridgehead atoms. The lowest BCUT2D eigenvalue weighted by Crippen LogP contribution is -2.33. The number of nitrogens with zero attached hydrogens (tertiary/aromatic N) is 2. The molecule has 1 aromatic carbocycles. The summed E-state index contributed by atoms with van der Waals surface area (Å²) in [4.78, 5) is 21.7. The summed E-state index contributed by atoms with van der Waals surface area (Å²) < 4.78 is 20.2. The number of aromatic nitrogens is 1. The van der Waals surface area contributed by atoms with E-state index in [1.54, 1.807) is 12.4 Å². The maximum atomic E-state index is 14.8. The molecule has 4 rings (SSSR count). The average molecular weight is 479 g/mol. The van der Waals surface area contributed by atoms with Crippen LogP contribution >= 0.6 is 0 Å².